The Morgan fingerprint density at radius 1 is 0.842 bits per heavy atom. The highest BCUT2D eigenvalue weighted by atomic mass is 16.1. The molecule has 1 aromatic heterocycles. The van der Waals surface area contributed by atoms with Gasteiger partial charge in [0.1, 0.15) is 6.54 Å². The molecule has 2 aromatic carbocycles. The minimum atomic E-state index is 0.100. The van der Waals surface area contributed by atoms with Crippen LogP contribution in [0.5, 0.6) is 0 Å². The highest BCUT2D eigenvalue weighted by Crippen LogP contribution is 2.37. The number of benzene rings is 2. The fourth-order valence-corrected chi connectivity index (χ4v) is 7.47. The minimum absolute atomic E-state index is 0.100. The number of quaternary nitrogens is 1. The first kappa shape index (κ1) is 25.5. The second-order valence-electron chi connectivity index (χ2n) is 11.9. The number of carbonyl (C=O) groups is 1. The summed E-state index contributed by atoms with van der Waals surface area (Å²) in [5.41, 5.74) is 5.05. The van der Waals surface area contributed by atoms with Crippen LogP contribution in [0.3, 0.4) is 0 Å². The maximum Gasteiger partial charge on any atom is 0.252 e. The van der Waals surface area contributed by atoms with E-state index >= 15 is 0 Å². The van der Waals surface area contributed by atoms with Gasteiger partial charge in [0.2, 0.25) is 0 Å². The van der Waals surface area contributed by atoms with Crippen LogP contribution in [0.4, 0.5) is 0 Å². The number of hydrogen-bond acceptors (Lipinski definition) is 3. The fourth-order valence-electron chi connectivity index (χ4n) is 7.47. The predicted octanol–water partition coefficient (Wildman–Crippen LogP) is 6.22. The summed E-state index contributed by atoms with van der Waals surface area (Å²) in [5, 5.41) is 8.07. The van der Waals surface area contributed by atoms with E-state index in [0.29, 0.717) is 6.04 Å². The van der Waals surface area contributed by atoms with Gasteiger partial charge in [-0.15, -0.1) is 0 Å². The number of carbonyl (C=O) groups excluding carboxylic acids is 1. The Morgan fingerprint density at radius 2 is 1.53 bits per heavy atom. The molecule has 2 aliphatic heterocycles. The van der Waals surface area contributed by atoms with Gasteiger partial charge >= 0.3 is 0 Å². The van der Waals surface area contributed by atoms with E-state index in [2.05, 4.69) is 59.2 Å². The summed E-state index contributed by atoms with van der Waals surface area (Å²) in [5.74, 6) is 0.100. The van der Waals surface area contributed by atoms with Crippen LogP contribution in [0.25, 0.3) is 22.2 Å². The number of pyridine rings is 1. The van der Waals surface area contributed by atoms with Crippen LogP contribution in [0.2, 0.25) is 0 Å². The summed E-state index contributed by atoms with van der Waals surface area (Å²) in [6.45, 7) is 5.49. The van der Waals surface area contributed by atoms with Crippen molar-refractivity contribution in [2.75, 3.05) is 26.2 Å². The largest absolute Gasteiger partial charge is 0.349 e. The molecule has 6 rings (SSSR count). The molecule has 1 saturated carbocycles. The van der Waals surface area contributed by atoms with Crippen molar-refractivity contribution in [2.45, 2.75) is 82.8 Å². The van der Waals surface area contributed by atoms with Gasteiger partial charge in [0.15, 0.2) is 0 Å². The molecule has 200 valence electrons. The summed E-state index contributed by atoms with van der Waals surface area (Å²) in [4.78, 5) is 19.6. The number of nitrogens with one attached hydrogen (secondary N) is 2. The number of likely N-dealkylation sites (tertiary alicyclic amines) is 1. The van der Waals surface area contributed by atoms with E-state index in [1.54, 1.807) is 0 Å². The van der Waals surface area contributed by atoms with E-state index in [4.69, 9.17) is 4.98 Å². The number of amides is 1. The van der Waals surface area contributed by atoms with Crippen molar-refractivity contribution in [1.29, 1.82) is 0 Å². The average Bonchev–Trinajstić information content (AvgIpc) is 2.98. The quantitative estimate of drug-likeness (QED) is 0.387. The van der Waals surface area contributed by atoms with E-state index < -0.39 is 0 Å². The summed E-state index contributed by atoms with van der Waals surface area (Å²) in [7, 11) is 0. The first-order chi connectivity index (χ1) is 18.7. The monoisotopic (exact) mass is 511 g/mol. The summed E-state index contributed by atoms with van der Waals surface area (Å²) < 4.78 is 1.10. The van der Waals surface area contributed by atoms with Gasteiger partial charge in [0.05, 0.1) is 35.9 Å². The smallest absolute Gasteiger partial charge is 0.252 e. The van der Waals surface area contributed by atoms with Crippen LogP contribution in [-0.2, 0) is 6.54 Å². The number of rotatable bonds is 6. The lowest BCUT2D eigenvalue weighted by Gasteiger charge is -2.49. The molecule has 0 bridgehead atoms. The standard InChI is InChI=1S/C33H42N4O/c38-33(35-26-14-6-2-7-15-26)31-28-16-8-9-17-30(28)36-32(25-12-4-1-5-13-25)29(31)24-37(22-10-3-11-23-37)27-18-20-34-21-19-27/h1,4-5,8-9,12-13,16-17,26-27,34H,2-3,6-7,10-11,14-15,18-24H2/p+1. The zero-order chi connectivity index (χ0) is 25.8. The van der Waals surface area contributed by atoms with E-state index in [1.165, 1.54) is 64.5 Å². The van der Waals surface area contributed by atoms with E-state index in [1.807, 2.05) is 6.07 Å². The molecule has 3 heterocycles. The Bertz CT molecular complexity index is 1240. The summed E-state index contributed by atoms with van der Waals surface area (Å²) in [6.07, 6.45) is 12.2. The second-order valence-corrected chi connectivity index (χ2v) is 11.9. The summed E-state index contributed by atoms with van der Waals surface area (Å²) >= 11 is 0. The van der Waals surface area contributed by atoms with Crippen molar-refractivity contribution in [2.24, 2.45) is 0 Å². The molecule has 38 heavy (non-hydrogen) atoms. The Labute approximate surface area is 227 Å². The maximum atomic E-state index is 14.3. The number of aromatic nitrogens is 1. The van der Waals surface area contributed by atoms with Gasteiger partial charge in [-0.1, -0.05) is 67.8 Å². The van der Waals surface area contributed by atoms with Crippen LogP contribution >= 0.6 is 0 Å². The van der Waals surface area contributed by atoms with Gasteiger partial charge in [-0.3, -0.25) is 4.79 Å². The number of piperidine rings is 2. The zero-order valence-corrected chi connectivity index (χ0v) is 22.8. The molecule has 3 aromatic rings. The van der Waals surface area contributed by atoms with Crippen molar-refractivity contribution in [3.05, 3.63) is 65.7 Å². The lowest BCUT2D eigenvalue weighted by Crippen LogP contribution is -2.60. The van der Waals surface area contributed by atoms with Gasteiger partial charge in [-0.05, 0) is 38.2 Å². The molecule has 0 radical (unpaired) electrons. The Balaban J connectivity index is 1.51. The Kier molecular flexibility index (Phi) is 7.75. The number of fused-ring (bicyclic) bond motifs is 1. The summed E-state index contributed by atoms with van der Waals surface area (Å²) in [6, 6.07) is 19.8. The van der Waals surface area contributed by atoms with Crippen LogP contribution in [-0.4, -0.2) is 53.6 Å². The molecule has 2 N–H and O–H groups in total. The first-order valence-electron chi connectivity index (χ1n) is 15.1. The molecule has 0 spiro atoms. The molecular weight excluding hydrogens is 468 g/mol. The van der Waals surface area contributed by atoms with Gasteiger partial charge in [0, 0.05) is 48.5 Å². The number of hydrogen-bond donors (Lipinski definition) is 2. The lowest BCUT2D eigenvalue weighted by atomic mass is 9.90. The highest BCUT2D eigenvalue weighted by molar-refractivity contribution is 6.09. The third kappa shape index (κ3) is 5.23. The molecule has 1 amide bonds. The third-order valence-corrected chi connectivity index (χ3v) is 9.47. The molecule has 5 nitrogen and oxygen atoms in total. The normalized spacial score (nSPS) is 20.8. The van der Waals surface area contributed by atoms with Gasteiger partial charge in [-0.2, -0.15) is 0 Å². The molecule has 1 aliphatic carbocycles. The third-order valence-electron chi connectivity index (χ3n) is 9.47. The van der Waals surface area contributed by atoms with Crippen molar-refractivity contribution >= 4 is 16.8 Å². The maximum absolute atomic E-state index is 14.3. The number of para-hydroxylation sites is 1. The fraction of sp³-hybridized carbons (Fsp3) is 0.515. The van der Waals surface area contributed by atoms with Gasteiger partial charge in [0.25, 0.3) is 5.91 Å². The molecule has 3 aliphatic rings. The Morgan fingerprint density at radius 3 is 2.29 bits per heavy atom. The van der Waals surface area contributed by atoms with E-state index in [9.17, 15) is 4.79 Å². The van der Waals surface area contributed by atoms with Gasteiger partial charge < -0.3 is 15.1 Å². The molecule has 5 heteroatoms. The van der Waals surface area contributed by atoms with Crippen LogP contribution < -0.4 is 10.6 Å². The van der Waals surface area contributed by atoms with Crippen LogP contribution in [0, 0.1) is 0 Å². The first-order valence-corrected chi connectivity index (χ1v) is 15.1. The van der Waals surface area contributed by atoms with Crippen LogP contribution in [0.15, 0.2) is 54.6 Å². The molecule has 0 unspecified atom stereocenters. The number of nitrogens with zero attached hydrogens (tertiary/aromatic N) is 2. The van der Waals surface area contributed by atoms with E-state index in [-0.39, 0.29) is 11.9 Å². The zero-order valence-electron chi connectivity index (χ0n) is 22.8. The van der Waals surface area contributed by atoms with Crippen LogP contribution in [0.1, 0.15) is 80.1 Å². The second kappa shape index (κ2) is 11.5. The molecular formula is C33H43N4O+. The van der Waals surface area contributed by atoms with Gasteiger partial charge in [-0.25, -0.2) is 4.98 Å². The highest BCUT2D eigenvalue weighted by Gasteiger charge is 2.41. The average molecular weight is 512 g/mol. The topological polar surface area (TPSA) is 54.0 Å². The Hall–Kier alpha value is -2.76. The van der Waals surface area contributed by atoms with Crippen molar-refractivity contribution in [1.82, 2.24) is 15.6 Å². The predicted molar refractivity (Wildman–Crippen MR) is 155 cm³/mol. The molecule has 2 saturated heterocycles. The van der Waals surface area contributed by atoms with Crippen molar-refractivity contribution in [3.8, 4) is 11.3 Å². The van der Waals surface area contributed by atoms with Crippen molar-refractivity contribution < 1.29 is 9.28 Å². The SMILES string of the molecule is O=C(NC1CCCCC1)c1c(C[N+]2(C3CCNCC3)CCCCC2)c(-c2ccccc2)nc2ccccc12. The van der Waals surface area contributed by atoms with Crippen molar-refractivity contribution in [3.63, 3.8) is 0 Å². The minimum Gasteiger partial charge on any atom is -0.349 e. The molecule has 3 fully saturated rings. The molecule has 0 atom stereocenters. The lowest BCUT2D eigenvalue weighted by molar-refractivity contribution is -0.968. The van der Waals surface area contributed by atoms with E-state index in [0.717, 1.165) is 70.2 Å².